The summed E-state index contributed by atoms with van der Waals surface area (Å²) in [6.07, 6.45) is 5.13. The molecule has 3 rings (SSSR count). The number of esters is 1. The molecule has 0 aliphatic rings. The van der Waals surface area contributed by atoms with Crippen molar-refractivity contribution in [2.75, 3.05) is 7.11 Å². The van der Waals surface area contributed by atoms with Crippen molar-refractivity contribution in [3.8, 4) is 34.9 Å². The summed E-state index contributed by atoms with van der Waals surface area (Å²) < 4.78 is 21.7. The fourth-order valence-electron chi connectivity index (χ4n) is 2.23. The van der Waals surface area contributed by atoms with E-state index in [0.717, 1.165) is 6.08 Å². The molecule has 0 saturated heterocycles. The molecule has 144 valence electrons. The molecule has 0 radical (unpaired) electrons. The van der Waals surface area contributed by atoms with Crippen molar-refractivity contribution >= 4 is 5.97 Å². The molecule has 1 heterocycles. The Bertz CT molecular complexity index is 1060. The second-order valence-corrected chi connectivity index (χ2v) is 5.40. The summed E-state index contributed by atoms with van der Waals surface area (Å²) in [5.74, 6) is 0.236. The van der Waals surface area contributed by atoms with Crippen molar-refractivity contribution in [1.29, 1.82) is 5.26 Å². The van der Waals surface area contributed by atoms with Gasteiger partial charge in [0.25, 0.3) is 0 Å². The first-order valence-corrected chi connectivity index (χ1v) is 8.36. The van der Waals surface area contributed by atoms with Gasteiger partial charge in [-0.05, 0) is 24.3 Å². The van der Waals surface area contributed by atoms with Gasteiger partial charge in [0.15, 0.2) is 11.5 Å². The van der Waals surface area contributed by atoms with Gasteiger partial charge >= 0.3 is 5.97 Å². The summed E-state index contributed by atoms with van der Waals surface area (Å²) >= 11 is 0. The molecular formula is C21H15N3O5. The monoisotopic (exact) mass is 389 g/mol. The standard InChI is InChI=1S/C21H15N3O5/c1-26-12-10-20(25)29-21-17(27-16-6-3-2-5-15(16)13-22)7-4-8-18(21)28-19-9-11-23-14-24-19/h2-12,14H,1H3. The molecule has 29 heavy (non-hydrogen) atoms. The van der Waals surface area contributed by atoms with Crippen molar-refractivity contribution < 1.29 is 23.7 Å². The Morgan fingerprint density at radius 2 is 1.79 bits per heavy atom. The molecule has 0 saturated carbocycles. The van der Waals surface area contributed by atoms with E-state index >= 15 is 0 Å². The van der Waals surface area contributed by atoms with Crippen molar-refractivity contribution in [2.24, 2.45) is 0 Å². The highest BCUT2D eigenvalue weighted by atomic mass is 16.6. The van der Waals surface area contributed by atoms with Crippen LogP contribution in [0.2, 0.25) is 0 Å². The van der Waals surface area contributed by atoms with Gasteiger partial charge in [0.2, 0.25) is 11.6 Å². The van der Waals surface area contributed by atoms with E-state index in [1.54, 1.807) is 48.5 Å². The Morgan fingerprint density at radius 3 is 2.52 bits per heavy atom. The topological polar surface area (TPSA) is 104 Å². The highest BCUT2D eigenvalue weighted by Crippen LogP contribution is 2.41. The van der Waals surface area contributed by atoms with E-state index < -0.39 is 5.97 Å². The molecule has 0 unspecified atom stereocenters. The molecule has 8 heteroatoms. The fourth-order valence-corrected chi connectivity index (χ4v) is 2.23. The lowest BCUT2D eigenvalue weighted by Gasteiger charge is -2.15. The number of nitrogens with zero attached hydrogens (tertiary/aromatic N) is 3. The van der Waals surface area contributed by atoms with E-state index in [1.807, 2.05) is 6.07 Å². The Hall–Kier alpha value is -4.38. The third-order valence-corrected chi connectivity index (χ3v) is 3.48. The zero-order valence-electron chi connectivity index (χ0n) is 15.3. The van der Waals surface area contributed by atoms with Crippen LogP contribution in [0.3, 0.4) is 0 Å². The maximum atomic E-state index is 12.1. The minimum Gasteiger partial charge on any atom is -0.504 e. The van der Waals surface area contributed by atoms with Crippen LogP contribution in [0, 0.1) is 11.3 Å². The number of carbonyl (C=O) groups is 1. The number of hydrogen-bond acceptors (Lipinski definition) is 8. The summed E-state index contributed by atoms with van der Waals surface area (Å²) in [5, 5.41) is 9.28. The van der Waals surface area contributed by atoms with Crippen molar-refractivity contribution in [1.82, 2.24) is 9.97 Å². The predicted octanol–water partition coefficient (Wildman–Crippen LogP) is 4.00. The molecule has 0 atom stereocenters. The van der Waals surface area contributed by atoms with Gasteiger partial charge < -0.3 is 18.9 Å². The van der Waals surface area contributed by atoms with E-state index in [-0.39, 0.29) is 23.1 Å². The molecule has 0 spiro atoms. The highest BCUT2D eigenvalue weighted by Gasteiger charge is 2.18. The van der Waals surface area contributed by atoms with Crippen LogP contribution in [-0.2, 0) is 9.53 Å². The van der Waals surface area contributed by atoms with E-state index in [2.05, 4.69) is 9.97 Å². The molecule has 0 amide bonds. The maximum absolute atomic E-state index is 12.1. The lowest BCUT2D eigenvalue weighted by atomic mass is 10.2. The first kappa shape index (κ1) is 19.4. The van der Waals surface area contributed by atoms with E-state index in [0.29, 0.717) is 11.3 Å². The van der Waals surface area contributed by atoms with E-state index in [9.17, 15) is 10.1 Å². The van der Waals surface area contributed by atoms with Crippen LogP contribution in [-0.4, -0.2) is 23.0 Å². The number of methoxy groups -OCH3 is 1. The smallest absolute Gasteiger partial charge is 0.339 e. The van der Waals surface area contributed by atoms with Crippen LogP contribution in [0.25, 0.3) is 0 Å². The second kappa shape index (κ2) is 9.53. The van der Waals surface area contributed by atoms with Gasteiger partial charge in [-0.15, -0.1) is 0 Å². The van der Waals surface area contributed by atoms with Crippen molar-refractivity contribution in [3.63, 3.8) is 0 Å². The van der Waals surface area contributed by atoms with E-state index in [1.165, 1.54) is 25.9 Å². The number of aromatic nitrogens is 2. The van der Waals surface area contributed by atoms with Crippen LogP contribution in [0.5, 0.6) is 28.9 Å². The summed E-state index contributed by atoms with van der Waals surface area (Å²) in [5.41, 5.74) is 0.325. The molecule has 0 fully saturated rings. The minimum absolute atomic E-state index is 0.0182. The molecule has 0 aliphatic heterocycles. The molecule has 3 aromatic rings. The number of benzene rings is 2. The average Bonchev–Trinajstić information content (AvgIpc) is 2.75. The first-order valence-electron chi connectivity index (χ1n) is 8.36. The van der Waals surface area contributed by atoms with Gasteiger partial charge in [-0.1, -0.05) is 18.2 Å². The number of hydrogen-bond donors (Lipinski definition) is 0. The summed E-state index contributed by atoms with van der Waals surface area (Å²) in [6.45, 7) is 0. The third-order valence-electron chi connectivity index (χ3n) is 3.48. The van der Waals surface area contributed by atoms with Crippen LogP contribution in [0.1, 0.15) is 5.56 Å². The fraction of sp³-hybridized carbons (Fsp3) is 0.0476. The number of nitriles is 1. The normalized spacial score (nSPS) is 10.2. The Labute approximate surface area is 166 Å². The quantitative estimate of drug-likeness (QED) is 0.258. The van der Waals surface area contributed by atoms with Gasteiger partial charge in [-0.2, -0.15) is 5.26 Å². The molecule has 8 nitrogen and oxygen atoms in total. The summed E-state index contributed by atoms with van der Waals surface area (Å²) in [4.78, 5) is 19.9. The third kappa shape index (κ3) is 5.08. The Kier molecular flexibility index (Phi) is 6.37. The van der Waals surface area contributed by atoms with Crippen LogP contribution < -0.4 is 14.2 Å². The number of carbonyl (C=O) groups excluding carboxylic acids is 1. The van der Waals surface area contributed by atoms with Gasteiger partial charge in [0.1, 0.15) is 18.1 Å². The SMILES string of the molecule is COC=CC(=O)Oc1c(Oc2ccncn2)cccc1Oc1ccccc1C#N. The zero-order chi connectivity index (χ0) is 20.5. The first-order chi connectivity index (χ1) is 14.2. The predicted molar refractivity (Wildman–Crippen MR) is 102 cm³/mol. The second-order valence-electron chi connectivity index (χ2n) is 5.40. The number of rotatable bonds is 7. The summed E-state index contributed by atoms with van der Waals surface area (Å²) in [6, 6.07) is 15.1. The highest BCUT2D eigenvalue weighted by molar-refractivity contribution is 5.85. The number of para-hydroxylation sites is 2. The molecule has 0 N–H and O–H groups in total. The maximum Gasteiger partial charge on any atom is 0.339 e. The number of ether oxygens (including phenoxy) is 4. The van der Waals surface area contributed by atoms with Crippen molar-refractivity contribution in [2.45, 2.75) is 0 Å². The van der Waals surface area contributed by atoms with Gasteiger partial charge in [-0.3, -0.25) is 0 Å². The van der Waals surface area contributed by atoms with Gasteiger partial charge in [0.05, 0.1) is 25.0 Å². The molecule has 0 bridgehead atoms. The lowest BCUT2D eigenvalue weighted by molar-refractivity contribution is -0.129. The van der Waals surface area contributed by atoms with Gasteiger partial charge in [0, 0.05) is 12.3 Å². The van der Waals surface area contributed by atoms with Crippen LogP contribution >= 0.6 is 0 Å². The van der Waals surface area contributed by atoms with Crippen LogP contribution in [0.4, 0.5) is 0 Å². The Morgan fingerprint density at radius 1 is 1.03 bits per heavy atom. The molecule has 1 aromatic heterocycles. The zero-order valence-corrected chi connectivity index (χ0v) is 15.3. The van der Waals surface area contributed by atoms with Crippen molar-refractivity contribution in [3.05, 3.63) is 79.0 Å². The molecule has 0 aliphatic carbocycles. The van der Waals surface area contributed by atoms with Gasteiger partial charge in [-0.25, -0.2) is 14.8 Å². The average molecular weight is 389 g/mol. The Balaban J connectivity index is 2.00. The molecular weight excluding hydrogens is 374 g/mol. The van der Waals surface area contributed by atoms with Crippen LogP contribution in [0.15, 0.2) is 73.4 Å². The largest absolute Gasteiger partial charge is 0.504 e. The summed E-state index contributed by atoms with van der Waals surface area (Å²) in [7, 11) is 1.41. The van der Waals surface area contributed by atoms with E-state index in [4.69, 9.17) is 18.9 Å². The lowest BCUT2D eigenvalue weighted by Crippen LogP contribution is -2.06. The molecule has 2 aromatic carbocycles. The minimum atomic E-state index is -0.705.